The van der Waals surface area contributed by atoms with E-state index in [0.717, 1.165) is 18.4 Å². The quantitative estimate of drug-likeness (QED) is 0.860. The largest absolute Gasteiger partial charge is 0.354 e. The lowest BCUT2D eigenvalue weighted by molar-refractivity contribution is -0.120. The van der Waals surface area contributed by atoms with Gasteiger partial charge in [-0.05, 0) is 37.0 Å². The van der Waals surface area contributed by atoms with Crippen LogP contribution in [0.3, 0.4) is 0 Å². The molecule has 0 radical (unpaired) electrons. The maximum absolute atomic E-state index is 11.7. The highest BCUT2D eigenvalue weighted by Crippen LogP contribution is 2.28. The van der Waals surface area contributed by atoms with Gasteiger partial charge in [-0.3, -0.25) is 4.79 Å². The van der Waals surface area contributed by atoms with Crippen molar-refractivity contribution in [2.75, 3.05) is 6.54 Å². The van der Waals surface area contributed by atoms with Crippen LogP contribution < -0.4 is 11.1 Å². The van der Waals surface area contributed by atoms with E-state index >= 15 is 0 Å². The SMILES string of the molecule is NC1(CNC(=O)Cc2cccc(Cl)c2)CCC1. The molecule has 0 saturated heterocycles. The van der Waals surface area contributed by atoms with E-state index in [1.807, 2.05) is 18.2 Å². The molecule has 17 heavy (non-hydrogen) atoms. The number of amides is 1. The zero-order valence-corrected chi connectivity index (χ0v) is 10.5. The molecule has 1 aromatic carbocycles. The van der Waals surface area contributed by atoms with Crippen molar-refractivity contribution in [2.24, 2.45) is 5.73 Å². The fourth-order valence-corrected chi connectivity index (χ4v) is 2.19. The van der Waals surface area contributed by atoms with E-state index < -0.39 is 0 Å². The topological polar surface area (TPSA) is 55.1 Å². The molecule has 0 spiro atoms. The molecule has 3 nitrogen and oxygen atoms in total. The molecule has 0 heterocycles. The third-order valence-electron chi connectivity index (χ3n) is 3.24. The van der Waals surface area contributed by atoms with E-state index in [1.54, 1.807) is 6.07 Å². The number of halogens is 1. The van der Waals surface area contributed by atoms with Gasteiger partial charge in [-0.25, -0.2) is 0 Å². The van der Waals surface area contributed by atoms with E-state index in [0.29, 0.717) is 18.0 Å². The number of hydrogen-bond donors (Lipinski definition) is 2. The van der Waals surface area contributed by atoms with Gasteiger partial charge in [-0.1, -0.05) is 23.7 Å². The first-order valence-electron chi connectivity index (χ1n) is 5.87. The van der Waals surface area contributed by atoms with Crippen molar-refractivity contribution in [1.29, 1.82) is 0 Å². The van der Waals surface area contributed by atoms with Crippen molar-refractivity contribution in [3.63, 3.8) is 0 Å². The monoisotopic (exact) mass is 252 g/mol. The molecule has 3 N–H and O–H groups in total. The molecule has 2 rings (SSSR count). The second-order valence-corrected chi connectivity index (χ2v) is 5.24. The van der Waals surface area contributed by atoms with Crippen molar-refractivity contribution in [3.8, 4) is 0 Å². The van der Waals surface area contributed by atoms with Crippen LogP contribution in [0.4, 0.5) is 0 Å². The lowest BCUT2D eigenvalue weighted by atomic mass is 9.78. The van der Waals surface area contributed by atoms with Gasteiger partial charge in [0.2, 0.25) is 5.91 Å². The van der Waals surface area contributed by atoms with Crippen molar-refractivity contribution in [3.05, 3.63) is 34.9 Å². The fraction of sp³-hybridized carbons (Fsp3) is 0.462. The Morgan fingerprint density at radius 2 is 2.24 bits per heavy atom. The third kappa shape index (κ3) is 3.45. The van der Waals surface area contributed by atoms with Crippen molar-refractivity contribution < 1.29 is 4.79 Å². The summed E-state index contributed by atoms with van der Waals surface area (Å²) in [5, 5.41) is 3.54. The Morgan fingerprint density at radius 1 is 1.47 bits per heavy atom. The standard InChI is InChI=1S/C13H17ClN2O/c14-11-4-1-3-10(7-11)8-12(17)16-9-13(15)5-2-6-13/h1,3-4,7H,2,5-6,8-9,15H2,(H,16,17). The number of rotatable bonds is 4. The van der Waals surface area contributed by atoms with Gasteiger partial charge < -0.3 is 11.1 Å². The molecule has 1 aliphatic carbocycles. The molecule has 1 aromatic rings. The highest BCUT2D eigenvalue weighted by Gasteiger charge is 2.32. The second kappa shape index (κ2) is 5.07. The second-order valence-electron chi connectivity index (χ2n) is 4.80. The highest BCUT2D eigenvalue weighted by molar-refractivity contribution is 6.30. The molecule has 1 amide bonds. The van der Waals surface area contributed by atoms with Crippen LogP contribution >= 0.6 is 11.6 Å². The van der Waals surface area contributed by atoms with Crippen LogP contribution in [0.2, 0.25) is 5.02 Å². The predicted molar refractivity (Wildman–Crippen MR) is 68.9 cm³/mol. The molecule has 4 heteroatoms. The van der Waals surface area contributed by atoms with Gasteiger partial charge in [0, 0.05) is 17.1 Å². The van der Waals surface area contributed by atoms with Crippen LogP contribution in [-0.4, -0.2) is 18.0 Å². The molecular formula is C13H17ClN2O. The van der Waals surface area contributed by atoms with Gasteiger partial charge in [-0.2, -0.15) is 0 Å². The fourth-order valence-electron chi connectivity index (χ4n) is 1.98. The molecule has 0 aliphatic heterocycles. The van der Waals surface area contributed by atoms with Crippen molar-refractivity contribution in [1.82, 2.24) is 5.32 Å². The van der Waals surface area contributed by atoms with Gasteiger partial charge in [0.1, 0.15) is 0 Å². The average Bonchev–Trinajstić information content (AvgIpc) is 2.24. The summed E-state index contributed by atoms with van der Waals surface area (Å²) in [6.07, 6.45) is 3.53. The Bertz CT molecular complexity index is 416. The molecule has 0 bridgehead atoms. The maximum Gasteiger partial charge on any atom is 0.224 e. The summed E-state index contributed by atoms with van der Waals surface area (Å²) in [5.74, 6) is 0.00370. The minimum Gasteiger partial charge on any atom is -0.354 e. The molecule has 1 aliphatic rings. The normalized spacial score (nSPS) is 17.3. The first-order valence-corrected chi connectivity index (χ1v) is 6.25. The van der Waals surface area contributed by atoms with Crippen molar-refractivity contribution in [2.45, 2.75) is 31.2 Å². The molecular weight excluding hydrogens is 236 g/mol. The summed E-state index contributed by atoms with van der Waals surface area (Å²) in [5.41, 5.74) is 6.80. The first-order chi connectivity index (χ1) is 8.07. The van der Waals surface area contributed by atoms with Gasteiger partial charge in [0.15, 0.2) is 0 Å². The Kier molecular flexibility index (Phi) is 3.69. The third-order valence-corrected chi connectivity index (χ3v) is 3.48. The van der Waals surface area contributed by atoms with E-state index in [9.17, 15) is 4.79 Å². The molecule has 92 valence electrons. The van der Waals surface area contributed by atoms with Gasteiger partial charge in [-0.15, -0.1) is 0 Å². The van der Waals surface area contributed by atoms with Crippen molar-refractivity contribution >= 4 is 17.5 Å². The minimum absolute atomic E-state index is 0.00370. The summed E-state index contributed by atoms with van der Waals surface area (Å²) >= 11 is 5.86. The summed E-state index contributed by atoms with van der Waals surface area (Å²) < 4.78 is 0. The van der Waals surface area contributed by atoms with Gasteiger partial charge in [0.05, 0.1) is 6.42 Å². The summed E-state index contributed by atoms with van der Waals surface area (Å²) in [6.45, 7) is 0.576. The van der Waals surface area contributed by atoms with E-state index in [4.69, 9.17) is 17.3 Å². The zero-order valence-electron chi connectivity index (χ0n) is 9.71. The maximum atomic E-state index is 11.7. The number of hydrogen-bond acceptors (Lipinski definition) is 2. The van der Waals surface area contributed by atoms with Crippen LogP contribution in [0.1, 0.15) is 24.8 Å². The number of nitrogens with one attached hydrogen (secondary N) is 1. The van der Waals surface area contributed by atoms with Crippen LogP contribution in [0.5, 0.6) is 0 Å². The number of carbonyl (C=O) groups is 1. The first kappa shape index (κ1) is 12.4. The lowest BCUT2D eigenvalue weighted by Crippen LogP contribution is -2.55. The molecule has 0 unspecified atom stereocenters. The Morgan fingerprint density at radius 3 is 2.82 bits per heavy atom. The average molecular weight is 253 g/mol. The Hall–Kier alpha value is -1.06. The van der Waals surface area contributed by atoms with Crippen LogP contribution in [0.25, 0.3) is 0 Å². The van der Waals surface area contributed by atoms with Gasteiger partial charge >= 0.3 is 0 Å². The van der Waals surface area contributed by atoms with E-state index in [2.05, 4.69) is 5.32 Å². The predicted octanol–water partition coefficient (Wildman–Crippen LogP) is 1.88. The number of nitrogens with two attached hydrogens (primary N) is 1. The van der Waals surface area contributed by atoms with E-state index in [1.165, 1.54) is 6.42 Å². The lowest BCUT2D eigenvalue weighted by Gasteiger charge is -2.38. The van der Waals surface area contributed by atoms with Gasteiger partial charge in [0.25, 0.3) is 0 Å². The van der Waals surface area contributed by atoms with Crippen LogP contribution in [0.15, 0.2) is 24.3 Å². The smallest absolute Gasteiger partial charge is 0.224 e. The van der Waals surface area contributed by atoms with Crippen LogP contribution in [0, 0.1) is 0 Å². The number of benzene rings is 1. The molecule has 0 aromatic heterocycles. The number of carbonyl (C=O) groups excluding carboxylic acids is 1. The molecule has 0 atom stereocenters. The molecule has 1 saturated carbocycles. The van der Waals surface area contributed by atoms with Crippen LogP contribution in [-0.2, 0) is 11.2 Å². The Labute approximate surface area is 106 Å². The molecule has 1 fully saturated rings. The Balaban J connectivity index is 1.81. The summed E-state index contributed by atoms with van der Waals surface area (Å²) in [7, 11) is 0. The summed E-state index contributed by atoms with van der Waals surface area (Å²) in [4.78, 5) is 11.7. The summed E-state index contributed by atoms with van der Waals surface area (Å²) in [6, 6.07) is 7.35. The van der Waals surface area contributed by atoms with E-state index in [-0.39, 0.29) is 11.4 Å². The highest BCUT2D eigenvalue weighted by atomic mass is 35.5. The minimum atomic E-state index is -0.163. The zero-order chi connectivity index (χ0) is 12.3.